The van der Waals surface area contributed by atoms with Crippen LogP contribution in [0.2, 0.25) is 0 Å². The highest BCUT2D eigenvalue weighted by atomic mass is 14.1. The lowest BCUT2D eigenvalue weighted by molar-refractivity contribution is 0.923. The molecule has 1 unspecified atom stereocenters. The van der Waals surface area contributed by atoms with Crippen LogP contribution in [0.3, 0.4) is 0 Å². The highest BCUT2D eigenvalue weighted by molar-refractivity contribution is 5.88. The van der Waals surface area contributed by atoms with Gasteiger partial charge in [0.05, 0.1) is 0 Å². The molecule has 8 rings (SSSR count). The van der Waals surface area contributed by atoms with E-state index in [-0.39, 0.29) is 0 Å². The minimum atomic E-state index is 0.401. The number of hydrogen-bond acceptors (Lipinski definition) is 0. The molecule has 8 aromatic carbocycles. The van der Waals surface area contributed by atoms with E-state index >= 15 is 0 Å². The Morgan fingerprint density at radius 2 is 0.981 bits per heavy atom. The normalized spacial score (nSPS) is 10.8. The third kappa shape index (κ3) is 10.6. The fraction of sp³-hybridized carbons (Fsp3) is 0.148. The van der Waals surface area contributed by atoms with Crippen LogP contribution < -0.4 is 0 Å². The molecule has 0 aliphatic heterocycles. The Hall–Kier alpha value is -5.98. The van der Waals surface area contributed by atoms with E-state index in [1.54, 1.807) is 0 Å². The highest BCUT2D eigenvalue weighted by Crippen LogP contribution is 2.28. The minimum Gasteiger partial charge on any atom is -0.103 e. The summed E-state index contributed by atoms with van der Waals surface area (Å²) in [6, 6.07) is 67.1. The number of fused-ring (bicyclic) bond motifs is 2. The first-order valence-electron chi connectivity index (χ1n) is 19.3. The van der Waals surface area contributed by atoms with Gasteiger partial charge in [0.25, 0.3) is 0 Å². The Labute approximate surface area is 324 Å². The van der Waals surface area contributed by atoms with Crippen LogP contribution >= 0.6 is 0 Å². The fourth-order valence-corrected chi connectivity index (χ4v) is 6.76. The molecule has 1 atom stereocenters. The number of rotatable bonds is 7. The summed E-state index contributed by atoms with van der Waals surface area (Å²) >= 11 is 0. The van der Waals surface area contributed by atoms with Crippen molar-refractivity contribution in [2.45, 2.75) is 53.4 Å². The van der Waals surface area contributed by atoms with Crippen LogP contribution in [0.1, 0.15) is 65.6 Å². The van der Waals surface area contributed by atoms with Crippen molar-refractivity contribution in [2.75, 3.05) is 0 Å². The van der Waals surface area contributed by atoms with Gasteiger partial charge in [0.2, 0.25) is 0 Å². The van der Waals surface area contributed by atoms with Gasteiger partial charge in [-0.1, -0.05) is 220 Å². The third-order valence-corrected chi connectivity index (χ3v) is 9.81. The molecule has 0 bridgehead atoms. The summed E-state index contributed by atoms with van der Waals surface area (Å²) in [4.78, 5) is 0. The molecule has 0 heteroatoms. The molecule has 0 aliphatic carbocycles. The third-order valence-electron chi connectivity index (χ3n) is 9.81. The SMILES string of the molecule is C=CCc1ccc(C)c2ccccc12.CC.CC(c1ccccc1)c1ccc(-c2ccc(Cc3cccc4ccccc34)cc2)cc1.Cc1ccccc1. The van der Waals surface area contributed by atoms with Gasteiger partial charge in [-0.05, 0) is 92.7 Å². The first kappa shape index (κ1) is 39.2. The lowest BCUT2D eigenvalue weighted by atomic mass is 9.91. The number of aryl methyl sites for hydroxylation is 2. The molecule has 0 heterocycles. The summed E-state index contributed by atoms with van der Waals surface area (Å²) in [7, 11) is 0. The van der Waals surface area contributed by atoms with E-state index < -0.39 is 0 Å². The second-order valence-electron chi connectivity index (χ2n) is 13.5. The van der Waals surface area contributed by atoms with Crippen LogP contribution in [0.25, 0.3) is 32.7 Å². The molecular formula is C54H54. The molecule has 270 valence electrons. The Bertz CT molecular complexity index is 2310. The van der Waals surface area contributed by atoms with Gasteiger partial charge < -0.3 is 0 Å². The van der Waals surface area contributed by atoms with Crippen molar-refractivity contribution in [1.29, 1.82) is 0 Å². The second-order valence-corrected chi connectivity index (χ2v) is 13.5. The monoisotopic (exact) mass is 702 g/mol. The Morgan fingerprint density at radius 3 is 1.59 bits per heavy atom. The number of allylic oxidation sites excluding steroid dienone is 1. The molecule has 0 radical (unpaired) electrons. The van der Waals surface area contributed by atoms with E-state index in [0.29, 0.717) is 5.92 Å². The summed E-state index contributed by atoms with van der Waals surface area (Å²) < 4.78 is 0. The van der Waals surface area contributed by atoms with Crippen molar-refractivity contribution >= 4 is 21.5 Å². The molecule has 0 saturated carbocycles. The lowest BCUT2D eigenvalue weighted by Gasteiger charge is -2.13. The molecule has 0 aliphatic rings. The largest absolute Gasteiger partial charge is 0.103 e. The van der Waals surface area contributed by atoms with Crippen LogP contribution in [-0.2, 0) is 12.8 Å². The van der Waals surface area contributed by atoms with Crippen LogP contribution in [0, 0.1) is 13.8 Å². The number of hydrogen-bond donors (Lipinski definition) is 0. The van der Waals surface area contributed by atoms with Gasteiger partial charge in [-0.2, -0.15) is 0 Å². The van der Waals surface area contributed by atoms with Crippen molar-refractivity contribution in [1.82, 2.24) is 0 Å². The van der Waals surface area contributed by atoms with Gasteiger partial charge in [-0.15, -0.1) is 6.58 Å². The molecule has 54 heavy (non-hydrogen) atoms. The predicted octanol–water partition coefficient (Wildman–Crippen LogP) is 15.1. The van der Waals surface area contributed by atoms with Gasteiger partial charge >= 0.3 is 0 Å². The van der Waals surface area contributed by atoms with Crippen LogP contribution in [0.15, 0.2) is 201 Å². The van der Waals surface area contributed by atoms with Crippen molar-refractivity contribution < 1.29 is 0 Å². The Morgan fingerprint density at radius 1 is 0.463 bits per heavy atom. The van der Waals surface area contributed by atoms with E-state index in [0.717, 1.165) is 12.8 Å². The summed E-state index contributed by atoms with van der Waals surface area (Å²) in [6.45, 7) is 14.3. The standard InChI is InChI=1S/C31H26.C14H14.C7H8.C2H6/c1-23(25-8-3-2-4-9-25)26-18-20-28(21-19-26)27-16-14-24(15-17-27)22-30-12-7-11-29-10-5-6-13-31(29)30;1-3-6-12-10-9-11(2)13-7-4-5-8-14(12)13;1-7-5-3-2-4-6-7;1-2/h2-21,23H,22H2,1H3;3-5,7-10H,1,6H2,2H3;2-6H,1H3;1-2H3. The molecule has 0 saturated heterocycles. The average molecular weight is 703 g/mol. The summed E-state index contributed by atoms with van der Waals surface area (Å²) in [5.41, 5.74) is 12.0. The van der Waals surface area contributed by atoms with Crippen LogP contribution in [0.4, 0.5) is 0 Å². The molecule has 0 nitrogen and oxygen atoms in total. The van der Waals surface area contributed by atoms with E-state index in [1.807, 2.05) is 38.1 Å². The summed E-state index contributed by atoms with van der Waals surface area (Å²) in [5.74, 6) is 0.401. The topological polar surface area (TPSA) is 0 Å². The maximum Gasteiger partial charge on any atom is 0.00610 e. The molecule has 0 amide bonds. The maximum atomic E-state index is 3.79. The van der Waals surface area contributed by atoms with Crippen LogP contribution in [-0.4, -0.2) is 0 Å². The van der Waals surface area contributed by atoms with E-state index in [9.17, 15) is 0 Å². The van der Waals surface area contributed by atoms with Crippen molar-refractivity contribution in [2.24, 2.45) is 0 Å². The maximum absolute atomic E-state index is 3.79. The smallest absolute Gasteiger partial charge is 0.00610 e. The van der Waals surface area contributed by atoms with E-state index in [2.05, 4.69) is 197 Å². The average Bonchev–Trinajstić information content (AvgIpc) is 3.24. The summed E-state index contributed by atoms with van der Waals surface area (Å²) in [5, 5.41) is 5.36. The molecule has 0 N–H and O–H groups in total. The Balaban J connectivity index is 0.000000200. The zero-order valence-electron chi connectivity index (χ0n) is 32.7. The van der Waals surface area contributed by atoms with Crippen LogP contribution in [0.5, 0.6) is 0 Å². The first-order chi connectivity index (χ1) is 26.5. The molecule has 0 spiro atoms. The van der Waals surface area contributed by atoms with Gasteiger partial charge in [0.15, 0.2) is 0 Å². The molecule has 0 fully saturated rings. The number of benzene rings is 8. The Kier molecular flexibility index (Phi) is 14.8. The zero-order valence-corrected chi connectivity index (χ0v) is 32.7. The van der Waals surface area contributed by atoms with E-state index in [1.165, 1.54) is 71.6 Å². The van der Waals surface area contributed by atoms with Gasteiger partial charge in [-0.3, -0.25) is 0 Å². The highest BCUT2D eigenvalue weighted by Gasteiger charge is 2.09. The molecule has 8 aromatic rings. The minimum absolute atomic E-state index is 0.401. The van der Waals surface area contributed by atoms with Crippen molar-refractivity contribution in [3.05, 3.63) is 240 Å². The van der Waals surface area contributed by atoms with Crippen molar-refractivity contribution in [3.63, 3.8) is 0 Å². The van der Waals surface area contributed by atoms with Gasteiger partial charge in [-0.25, -0.2) is 0 Å². The van der Waals surface area contributed by atoms with Gasteiger partial charge in [0.1, 0.15) is 0 Å². The zero-order chi connectivity index (χ0) is 38.1. The lowest BCUT2D eigenvalue weighted by Crippen LogP contribution is -1.95. The predicted molar refractivity (Wildman–Crippen MR) is 238 cm³/mol. The van der Waals surface area contributed by atoms with Crippen molar-refractivity contribution in [3.8, 4) is 11.1 Å². The first-order valence-corrected chi connectivity index (χ1v) is 19.3. The quantitative estimate of drug-likeness (QED) is 0.145. The summed E-state index contributed by atoms with van der Waals surface area (Å²) in [6.07, 6.45) is 3.85. The molecule has 0 aromatic heterocycles. The molecular weight excluding hydrogens is 649 g/mol. The van der Waals surface area contributed by atoms with Gasteiger partial charge in [0, 0.05) is 5.92 Å². The second kappa shape index (κ2) is 20.3. The fourth-order valence-electron chi connectivity index (χ4n) is 6.76. The van der Waals surface area contributed by atoms with E-state index in [4.69, 9.17) is 0 Å².